The lowest BCUT2D eigenvalue weighted by Crippen LogP contribution is -2.33. The average molecular weight is 244 g/mol. The Morgan fingerprint density at radius 3 is 2.81 bits per heavy atom. The predicted molar refractivity (Wildman–Crippen MR) is 58.2 cm³/mol. The first-order valence-electron chi connectivity index (χ1n) is 4.37. The maximum absolute atomic E-state index is 11.6. The Morgan fingerprint density at radius 2 is 2.25 bits per heavy atom. The van der Waals surface area contributed by atoms with Crippen molar-refractivity contribution in [3.63, 3.8) is 0 Å². The second-order valence-corrected chi connectivity index (χ2v) is 4.68. The minimum Gasteiger partial charge on any atom is -0.373 e. The van der Waals surface area contributed by atoms with E-state index in [0.29, 0.717) is 5.82 Å². The highest BCUT2D eigenvalue weighted by Crippen LogP contribution is 2.11. The number of hydrogen-bond donors (Lipinski definition) is 3. The quantitative estimate of drug-likeness (QED) is 0.607. The maximum atomic E-state index is 11.6. The van der Waals surface area contributed by atoms with Crippen LogP contribution in [0.1, 0.15) is 0 Å². The molecule has 0 aliphatic heterocycles. The van der Waals surface area contributed by atoms with Crippen molar-refractivity contribution < 1.29 is 13.2 Å². The summed E-state index contributed by atoms with van der Waals surface area (Å²) in [5, 5.41) is 2.71. The van der Waals surface area contributed by atoms with E-state index >= 15 is 0 Å². The Hall–Kier alpha value is -1.67. The Labute approximate surface area is 93.1 Å². The molecule has 0 atom stereocenters. The first-order valence-corrected chi connectivity index (χ1v) is 5.86. The van der Waals surface area contributed by atoms with Gasteiger partial charge in [-0.2, -0.15) is 0 Å². The number of amides is 1. The summed E-state index contributed by atoms with van der Waals surface area (Å²) >= 11 is 0. The second kappa shape index (κ2) is 4.90. The van der Waals surface area contributed by atoms with Crippen molar-refractivity contribution in [3.05, 3.63) is 18.3 Å². The van der Waals surface area contributed by atoms with Crippen LogP contribution in [-0.4, -0.2) is 32.9 Å². The van der Waals surface area contributed by atoms with Gasteiger partial charge in [-0.05, 0) is 6.07 Å². The molecule has 0 fully saturated rings. The van der Waals surface area contributed by atoms with Crippen LogP contribution in [0.25, 0.3) is 0 Å². The van der Waals surface area contributed by atoms with E-state index in [2.05, 4.69) is 15.0 Å². The SMILES string of the molecule is CNc1cc(S(=O)(=O)NCC(N)=O)ccn1. The average Bonchev–Trinajstić information content (AvgIpc) is 2.27. The molecule has 0 unspecified atom stereocenters. The van der Waals surface area contributed by atoms with Crippen molar-refractivity contribution in [2.45, 2.75) is 4.90 Å². The topological polar surface area (TPSA) is 114 Å². The molecule has 1 rings (SSSR count). The van der Waals surface area contributed by atoms with Gasteiger partial charge in [-0.25, -0.2) is 18.1 Å². The Balaban J connectivity index is 2.93. The zero-order chi connectivity index (χ0) is 12.2. The molecule has 0 saturated carbocycles. The van der Waals surface area contributed by atoms with Crippen LogP contribution in [-0.2, 0) is 14.8 Å². The van der Waals surface area contributed by atoms with E-state index in [4.69, 9.17) is 5.73 Å². The van der Waals surface area contributed by atoms with Gasteiger partial charge in [0.05, 0.1) is 11.4 Å². The molecule has 0 saturated heterocycles. The summed E-state index contributed by atoms with van der Waals surface area (Å²) in [5.74, 6) is -0.326. The van der Waals surface area contributed by atoms with Crippen molar-refractivity contribution in [1.82, 2.24) is 9.71 Å². The van der Waals surface area contributed by atoms with Gasteiger partial charge in [0.2, 0.25) is 15.9 Å². The molecular weight excluding hydrogens is 232 g/mol. The molecule has 16 heavy (non-hydrogen) atoms. The lowest BCUT2D eigenvalue weighted by Gasteiger charge is -2.06. The number of hydrogen-bond acceptors (Lipinski definition) is 5. The van der Waals surface area contributed by atoms with Crippen LogP contribution in [0.2, 0.25) is 0 Å². The maximum Gasteiger partial charge on any atom is 0.241 e. The number of carbonyl (C=O) groups is 1. The van der Waals surface area contributed by atoms with Gasteiger partial charge in [0.25, 0.3) is 0 Å². The summed E-state index contributed by atoms with van der Waals surface area (Å²) in [4.78, 5) is 14.4. The molecule has 0 aromatic carbocycles. The molecule has 1 aromatic heterocycles. The van der Waals surface area contributed by atoms with Crippen LogP contribution in [0.3, 0.4) is 0 Å². The third kappa shape index (κ3) is 3.17. The van der Waals surface area contributed by atoms with Crippen LogP contribution in [0.5, 0.6) is 0 Å². The van der Waals surface area contributed by atoms with E-state index < -0.39 is 22.5 Å². The van der Waals surface area contributed by atoms with Crippen molar-refractivity contribution in [2.75, 3.05) is 18.9 Å². The number of carbonyl (C=O) groups excluding carboxylic acids is 1. The van der Waals surface area contributed by atoms with Gasteiger partial charge in [0.15, 0.2) is 0 Å². The lowest BCUT2D eigenvalue weighted by molar-refractivity contribution is -0.116. The Kier molecular flexibility index (Phi) is 3.80. The molecule has 1 amide bonds. The van der Waals surface area contributed by atoms with Gasteiger partial charge < -0.3 is 11.1 Å². The van der Waals surface area contributed by atoms with Crippen LogP contribution in [0.15, 0.2) is 23.2 Å². The van der Waals surface area contributed by atoms with Crippen molar-refractivity contribution in [1.29, 1.82) is 0 Å². The summed E-state index contributed by atoms with van der Waals surface area (Å²) in [5.41, 5.74) is 4.84. The van der Waals surface area contributed by atoms with Crippen LogP contribution >= 0.6 is 0 Å². The molecule has 1 aromatic rings. The van der Waals surface area contributed by atoms with Crippen molar-refractivity contribution in [2.24, 2.45) is 5.73 Å². The molecule has 0 spiro atoms. The van der Waals surface area contributed by atoms with Crippen molar-refractivity contribution >= 4 is 21.7 Å². The highest BCUT2D eigenvalue weighted by atomic mass is 32.2. The van der Waals surface area contributed by atoms with E-state index in [-0.39, 0.29) is 4.90 Å². The zero-order valence-electron chi connectivity index (χ0n) is 8.60. The number of nitrogens with two attached hydrogens (primary N) is 1. The monoisotopic (exact) mass is 244 g/mol. The number of aromatic nitrogens is 1. The van der Waals surface area contributed by atoms with E-state index in [1.54, 1.807) is 7.05 Å². The molecule has 0 radical (unpaired) electrons. The summed E-state index contributed by atoms with van der Waals surface area (Å²) in [6.07, 6.45) is 1.35. The fourth-order valence-electron chi connectivity index (χ4n) is 0.965. The predicted octanol–water partition coefficient (Wildman–Crippen LogP) is -1.11. The minimum atomic E-state index is -3.72. The first kappa shape index (κ1) is 12.4. The molecule has 8 heteroatoms. The standard InChI is InChI=1S/C8H12N4O3S/c1-10-8-4-6(2-3-11-8)16(14,15)12-5-7(9)13/h2-4,12H,5H2,1H3,(H2,9,13)(H,10,11). The number of anilines is 1. The first-order chi connectivity index (χ1) is 7.45. The van der Waals surface area contributed by atoms with E-state index in [1.807, 2.05) is 0 Å². The van der Waals surface area contributed by atoms with Gasteiger partial charge in [-0.15, -0.1) is 0 Å². The van der Waals surface area contributed by atoms with E-state index in [0.717, 1.165) is 0 Å². The molecule has 4 N–H and O–H groups in total. The third-order valence-electron chi connectivity index (χ3n) is 1.73. The minimum absolute atomic E-state index is 0.0214. The van der Waals surface area contributed by atoms with Crippen molar-refractivity contribution in [3.8, 4) is 0 Å². The molecule has 0 aliphatic carbocycles. The molecule has 7 nitrogen and oxygen atoms in total. The molecular formula is C8H12N4O3S. The summed E-state index contributed by atoms with van der Waals surface area (Å²) in [6, 6.07) is 2.67. The summed E-state index contributed by atoms with van der Waals surface area (Å²) in [7, 11) is -2.10. The van der Waals surface area contributed by atoms with Gasteiger partial charge in [0.1, 0.15) is 5.82 Å². The number of primary amides is 1. The van der Waals surface area contributed by atoms with Gasteiger partial charge in [-0.1, -0.05) is 0 Å². The Morgan fingerprint density at radius 1 is 1.56 bits per heavy atom. The number of sulfonamides is 1. The summed E-state index contributed by atoms with van der Waals surface area (Å²) < 4.78 is 25.3. The highest BCUT2D eigenvalue weighted by molar-refractivity contribution is 7.89. The largest absolute Gasteiger partial charge is 0.373 e. The number of pyridine rings is 1. The van der Waals surface area contributed by atoms with Crippen LogP contribution < -0.4 is 15.8 Å². The number of rotatable bonds is 5. The normalized spacial score (nSPS) is 11.1. The highest BCUT2D eigenvalue weighted by Gasteiger charge is 2.14. The third-order valence-corrected chi connectivity index (χ3v) is 3.13. The fourth-order valence-corrected chi connectivity index (χ4v) is 1.97. The van der Waals surface area contributed by atoms with Gasteiger partial charge >= 0.3 is 0 Å². The smallest absolute Gasteiger partial charge is 0.241 e. The van der Waals surface area contributed by atoms with Crippen LogP contribution in [0.4, 0.5) is 5.82 Å². The number of nitrogens with one attached hydrogen (secondary N) is 2. The fraction of sp³-hybridized carbons (Fsp3) is 0.250. The Bertz CT molecular complexity index is 486. The lowest BCUT2D eigenvalue weighted by atomic mass is 10.5. The van der Waals surface area contributed by atoms with Crippen LogP contribution in [0, 0.1) is 0 Å². The van der Waals surface area contributed by atoms with E-state index in [1.165, 1.54) is 18.3 Å². The zero-order valence-corrected chi connectivity index (χ0v) is 9.41. The van der Waals surface area contributed by atoms with Gasteiger partial charge in [-0.3, -0.25) is 4.79 Å². The molecule has 88 valence electrons. The molecule has 0 bridgehead atoms. The second-order valence-electron chi connectivity index (χ2n) is 2.92. The summed E-state index contributed by atoms with van der Waals surface area (Å²) in [6.45, 7) is -0.431. The number of nitrogens with zero attached hydrogens (tertiary/aromatic N) is 1. The van der Waals surface area contributed by atoms with E-state index in [9.17, 15) is 13.2 Å². The molecule has 0 aliphatic rings. The van der Waals surface area contributed by atoms with Gasteiger partial charge in [0, 0.05) is 19.3 Å². The molecule has 1 heterocycles.